The van der Waals surface area contributed by atoms with Crippen LogP contribution in [0.25, 0.3) is 0 Å². The number of nitrogens with zero attached hydrogens (tertiary/aromatic N) is 1. The van der Waals surface area contributed by atoms with E-state index in [2.05, 4.69) is 31.0 Å². The lowest BCUT2D eigenvalue weighted by atomic mass is 10.3. The third-order valence-corrected chi connectivity index (χ3v) is 1.08. The first-order chi connectivity index (χ1) is 5.35. The van der Waals surface area contributed by atoms with Crippen LogP contribution < -0.4 is 0 Å². The van der Waals surface area contributed by atoms with Crippen molar-refractivity contribution in [3.8, 4) is 0 Å². The van der Waals surface area contributed by atoms with Crippen LogP contribution in [0.3, 0.4) is 0 Å². The SMILES string of the molecule is CCC.CCCc1ccn[nH]1. The summed E-state index contributed by atoms with van der Waals surface area (Å²) in [5.74, 6) is 0. The fourth-order valence-electron chi connectivity index (χ4n) is 0.693. The molecule has 1 rings (SSSR count). The van der Waals surface area contributed by atoms with E-state index in [9.17, 15) is 0 Å². The van der Waals surface area contributed by atoms with Gasteiger partial charge in [-0.15, -0.1) is 0 Å². The molecule has 0 aliphatic rings. The lowest BCUT2D eigenvalue weighted by Crippen LogP contribution is -1.80. The molecule has 0 aliphatic heterocycles. The highest BCUT2D eigenvalue weighted by Gasteiger charge is 1.86. The normalized spacial score (nSPS) is 8.64. The zero-order valence-corrected chi connectivity index (χ0v) is 7.72. The Balaban J connectivity index is 0.000000292. The molecule has 0 aromatic carbocycles. The van der Waals surface area contributed by atoms with Crippen LogP contribution in [0.2, 0.25) is 0 Å². The Morgan fingerprint density at radius 3 is 2.36 bits per heavy atom. The van der Waals surface area contributed by atoms with Crippen molar-refractivity contribution in [1.29, 1.82) is 0 Å². The highest BCUT2D eigenvalue weighted by Crippen LogP contribution is 1.94. The minimum Gasteiger partial charge on any atom is -0.283 e. The van der Waals surface area contributed by atoms with Crippen LogP contribution in [-0.2, 0) is 6.42 Å². The Morgan fingerprint density at radius 1 is 1.36 bits per heavy atom. The summed E-state index contributed by atoms with van der Waals surface area (Å²) in [5, 5.41) is 6.70. The molecule has 1 N–H and O–H groups in total. The molecule has 0 unspecified atom stereocenters. The summed E-state index contributed by atoms with van der Waals surface area (Å²) in [5.41, 5.74) is 1.23. The Bertz CT molecular complexity index is 145. The van der Waals surface area contributed by atoms with E-state index >= 15 is 0 Å². The van der Waals surface area contributed by atoms with Crippen molar-refractivity contribution < 1.29 is 0 Å². The van der Waals surface area contributed by atoms with Gasteiger partial charge < -0.3 is 0 Å². The lowest BCUT2D eigenvalue weighted by Gasteiger charge is -1.86. The van der Waals surface area contributed by atoms with Crippen LogP contribution in [-0.4, -0.2) is 10.2 Å². The number of aromatic amines is 1. The van der Waals surface area contributed by atoms with E-state index in [1.54, 1.807) is 6.20 Å². The first-order valence-corrected chi connectivity index (χ1v) is 4.33. The van der Waals surface area contributed by atoms with E-state index in [1.165, 1.54) is 18.5 Å². The Labute approximate surface area is 69.0 Å². The minimum atomic E-state index is 1.11. The molecule has 0 saturated carbocycles. The van der Waals surface area contributed by atoms with Gasteiger partial charge in [0.2, 0.25) is 0 Å². The Kier molecular flexibility index (Phi) is 6.79. The topological polar surface area (TPSA) is 28.7 Å². The van der Waals surface area contributed by atoms with Crippen molar-refractivity contribution in [3.05, 3.63) is 18.0 Å². The zero-order valence-electron chi connectivity index (χ0n) is 7.72. The fraction of sp³-hybridized carbons (Fsp3) is 0.667. The van der Waals surface area contributed by atoms with Crippen LogP contribution in [0.5, 0.6) is 0 Å². The van der Waals surface area contributed by atoms with Crippen molar-refractivity contribution in [2.24, 2.45) is 0 Å². The molecule has 0 bridgehead atoms. The van der Waals surface area contributed by atoms with Crippen molar-refractivity contribution in [2.45, 2.75) is 40.0 Å². The number of aryl methyl sites for hydroxylation is 1. The van der Waals surface area contributed by atoms with Gasteiger partial charge in [-0.2, -0.15) is 5.10 Å². The third-order valence-electron chi connectivity index (χ3n) is 1.08. The summed E-state index contributed by atoms with van der Waals surface area (Å²) < 4.78 is 0. The fourth-order valence-corrected chi connectivity index (χ4v) is 0.693. The summed E-state index contributed by atoms with van der Waals surface area (Å²) in [4.78, 5) is 0. The Morgan fingerprint density at radius 2 is 2.00 bits per heavy atom. The molecule has 1 aromatic heterocycles. The summed E-state index contributed by atoms with van der Waals surface area (Å²) in [6, 6.07) is 2.00. The van der Waals surface area contributed by atoms with Crippen LogP contribution in [0.1, 0.15) is 39.3 Å². The predicted molar refractivity (Wildman–Crippen MR) is 48.5 cm³/mol. The third kappa shape index (κ3) is 5.64. The molecule has 0 atom stereocenters. The molecular weight excluding hydrogens is 136 g/mol. The van der Waals surface area contributed by atoms with Gasteiger partial charge in [-0.1, -0.05) is 33.6 Å². The smallest absolute Gasteiger partial charge is 0.0490 e. The molecule has 2 nitrogen and oxygen atoms in total. The summed E-state index contributed by atoms with van der Waals surface area (Å²) >= 11 is 0. The zero-order chi connectivity index (χ0) is 8.53. The standard InChI is InChI=1S/C6H10N2.C3H8/c1-2-3-6-4-5-7-8-6;1-3-2/h4-5H,2-3H2,1H3,(H,7,8);3H2,1-2H3. The monoisotopic (exact) mass is 154 g/mol. The molecule has 0 spiro atoms. The number of aromatic nitrogens is 2. The minimum absolute atomic E-state index is 1.11. The van der Waals surface area contributed by atoms with E-state index in [1.807, 2.05) is 6.07 Å². The molecule has 0 aliphatic carbocycles. The summed E-state index contributed by atoms with van der Waals surface area (Å²) in [7, 11) is 0. The Hall–Kier alpha value is -0.790. The molecule has 0 amide bonds. The van der Waals surface area contributed by atoms with E-state index in [4.69, 9.17) is 0 Å². The summed E-state index contributed by atoms with van der Waals surface area (Å²) in [6.07, 6.45) is 5.33. The largest absolute Gasteiger partial charge is 0.283 e. The molecule has 2 heteroatoms. The van der Waals surface area contributed by atoms with Crippen molar-refractivity contribution in [2.75, 3.05) is 0 Å². The van der Waals surface area contributed by atoms with Crippen LogP contribution in [0.15, 0.2) is 12.3 Å². The average molecular weight is 154 g/mol. The number of nitrogens with one attached hydrogen (secondary N) is 1. The van der Waals surface area contributed by atoms with E-state index in [0.29, 0.717) is 0 Å². The van der Waals surface area contributed by atoms with Crippen LogP contribution >= 0.6 is 0 Å². The first-order valence-electron chi connectivity index (χ1n) is 4.33. The van der Waals surface area contributed by atoms with Gasteiger partial charge >= 0.3 is 0 Å². The van der Waals surface area contributed by atoms with Crippen molar-refractivity contribution in [3.63, 3.8) is 0 Å². The molecule has 11 heavy (non-hydrogen) atoms. The second-order valence-corrected chi connectivity index (χ2v) is 2.54. The van der Waals surface area contributed by atoms with Gasteiger partial charge in [0, 0.05) is 11.9 Å². The first kappa shape index (κ1) is 10.2. The van der Waals surface area contributed by atoms with Gasteiger partial charge in [0.05, 0.1) is 0 Å². The van der Waals surface area contributed by atoms with Gasteiger partial charge in [0.15, 0.2) is 0 Å². The molecule has 1 heterocycles. The van der Waals surface area contributed by atoms with E-state index in [0.717, 1.165) is 6.42 Å². The van der Waals surface area contributed by atoms with Crippen LogP contribution in [0, 0.1) is 0 Å². The van der Waals surface area contributed by atoms with Crippen molar-refractivity contribution >= 4 is 0 Å². The van der Waals surface area contributed by atoms with Gasteiger partial charge in [-0.25, -0.2) is 0 Å². The molecular formula is C9H18N2. The number of H-pyrrole nitrogens is 1. The quantitative estimate of drug-likeness (QED) is 0.697. The van der Waals surface area contributed by atoms with Crippen molar-refractivity contribution in [1.82, 2.24) is 10.2 Å². The maximum Gasteiger partial charge on any atom is 0.0490 e. The number of hydrogen-bond acceptors (Lipinski definition) is 1. The molecule has 0 radical (unpaired) electrons. The van der Waals surface area contributed by atoms with Gasteiger partial charge in [0.1, 0.15) is 0 Å². The van der Waals surface area contributed by atoms with Crippen LogP contribution in [0.4, 0.5) is 0 Å². The molecule has 1 aromatic rings. The van der Waals surface area contributed by atoms with E-state index in [-0.39, 0.29) is 0 Å². The second kappa shape index (κ2) is 7.32. The second-order valence-electron chi connectivity index (χ2n) is 2.54. The summed E-state index contributed by atoms with van der Waals surface area (Å²) in [6.45, 7) is 6.40. The van der Waals surface area contributed by atoms with Gasteiger partial charge in [0.25, 0.3) is 0 Å². The van der Waals surface area contributed by atoms with E-state index < -0.39 is 0 Å². The highest BCUT2D eigenvalue weighted by atomic mass is 15.1. The number of rotatable bonds is 2. The number of hydrogen-bond donors (Lipinski definition) is 1. The highest BCUT2D eigenvalue weighted by molar-refractivity contribution is 4.96. The van der Waals surface area contributed by atoms with Gasteiger partial charge in [-0.3, -0.25) is 5.10 Å². The maximum atomic E-state index is 3.82. The molecule has 64 valence electrons. The lowest BCUT2D eigenvalue weighted by molar-refractivity contribution is 0.867. The predicted octanol–water partition coefficient (Wildman–Crippen LogP) is 2.78. The van der Waals surface area contributed by atoms with Gasteiger partial charge in [-0.05, 0) is 12.5 Å². The molecule has 0 fully saturated rings. The average Bonchev–Trinajstić information content (AvgIpc) is 2.42. The maximum absolute atomic E-state index is 3.82. The molecule has 0 saturated heterocycles.